The van der Waals surface area contributed by atoms with E-state index >= 15 is 0 Å². The molecule has 0 aliphatic carbocycles. The molecule has 4 nitrogen and oxygen atoms in total. The Hall–Kier alpha value is -0.870. The van der Waals surface area contributed by atoms with Gasteiger partial charge in [0.05, 0.1) is 25.1 Å². The summed E-state index contributed by atoms with van der Waals surface area (Å²) in [7, 11) is 0. The molecule has 0 saturated heterocycles. The van der Waals surface area contributed by atoms with Gasteiger partial charge in [0.15, 0.2) is 0 Å². The lowest BCUT2D eigenvalue weighted by molar-refractivity contribution is 0.149. The van der Waals surface area contributed by atoms with Gasteiger partial charge in [0.25, 0.3) is 0 Å². The lowest BCUT2D eigenvalue weighted by atomic mass is 10.4. The molecule has 1 heterocycles. The number of rotatable bonds is 5. The minimum Gasteiger partial charge on any atom is -0.390 e. The Morgan fingerprint density at radius 1 is 1.67 bits per heavy atom. The third kappa shape index (κ3) is 2.64. The number of aromatic nitrogens is 2. The van der Waals surface area contributed by atoms with Gasteiger partial charge in [-0.2, -0.15) is 0 Å². The summed E-state index contributed by atoms with van der Waals surface area (Å²) >= 11 is 0. The molecule has 0 bridgehead atoms. The van der Waals surface area contributed by atoms with E-state index in [0.717, 1.165) is 24.5 Å². The van der Waals surface area contributed by atoms with Gasteiger partial charge in [-0.3, -0.25) is 0 Å². The topological polar surface area (TPSA) is 58.1 Å². The Balaban J connectivity index is 2.31. The second kappa shape index (κ2) is 4.90. The predicted octanol–water partition coefficient (Wildman–Crippen LogP) is 0.481. The smallest absolute Gasteiger partial charge is 0.108 e. The molecule has 0 spiro atoms. The molecule has 0 unspecified atom stereocenters. The molecule has 1 rings (SSSR count). The molecule has 68 valence electrons. The number of nitrogens with zero attached hydrogens (tertiary/aromatic N) is 1. The number of hydrogen-bond donors (Lipinski definition) is 2. The molecule has 0 aliphatic rings. The maximum Gasteiger partial charge on any atom is 0.108 e. The second-order valence-corrected chi connectivity index (χ2v) is 2.46. The van der Waals surface area contributed by atoms with Gasteiger partial charge in [0, 0.05) is 13.0 Å². The van der Waals surface area contributed by atoms with Crippen LogP contribution in [0.2, 0.25) is 0 Å². The van der Waals surface area contributed by atoms with E-state index in [-0.39, 0.29) is 6.61 Å². The summed E-state index contributed by atoms with van der Waals surface area (Å²) in [6, 6.07) is 0. The minimum atomic E-state index is 0.0155. The molecule has 0 saturated carbocycles. The highest BCUT2D eigenvalue weighted by Gasteiger charge is 1.98. The fourth-order valence-corrected chi connectivity index (χ4v) is 0.926. The van der Waals surface area contributed by atoms with Gasteiger partial charge >= 0.3 is 0 Å². The van der Waals surface area contributed by atoms with Crippen LogP contribution >= 0.6 is 0 Å². The number of aromatic amines is 1. The monoisotopic (exact) mass is 170 g/mol. The predicted molar refractivity (Wildman–Crippen MR) is 44.7 cm³/mol. The average molecular weight is 170 g/mol. The summed E-state index contributed by atoms with van der Waals surface area (Å²) < 4.78 is 5.16. The van der Waals surface area contributed by atoms with E-state index in [1.807, 2.05) is 6.92 Å². The van der Waals surface area contributed by atoms with Gasteiger partial charge < -0.3 is 14.8 Å². The number of H-pyrrole nitrogens is 1. The van der Waals surface area contributed by atoms with E-state index in [2.05, 4.69) is 9.97 Å². The Kier molecular flexibility index (Phi) is 3.76. The SMILES string of the molecule is CCOCCc1ncc(CO)[nH]1. The summed E-state index contributed by atoms with van der Waals surface area (Å²) in [5.41, 5.74) is 0.751. The van der Waals surface area contributed by atoms with Gasteiger partial charge in [-0.25, -0.2) is 4.98 Å². The summed E-state index contributed by atoms with van der Waals surface area (Å²) in [5.74, 6) is 0.868. The molecule has 0 amide bonds. The molecular formula is C8H14N2O2. The van der Waals surface area contributed by atoms with E-state index < -0.39 is 0 Å². The fraction of sp³-hybridized carbons (Fsp3) is 0.625. The van der Waals surface area contributed by atoms with Crippen molar-refractivity contribution in [1.29, 1.82) is 0 Å². The largest absolute Gasteiger partial charge is 0.390 e. The molecule has 1 aromatic heterocycles. The average Bonchev–Trinajstić information content (AvgIpc) is 2.53. The van der Waals surface area contributed by atoms with Crippen LogP contribution in [0, 0.1) is 0 Å². The Labute approximate surface area is 71.6 Å². The van der Waals surface area contributed by atoms with E-state index in [9.17, 15) is 0 Å². The zero-order chi connectivity index (χ0) is 8.81. The quantitative estimate of drug-likeness (QED) is 0.632. The van der Waals surface area contributed by atoms with Gasteiger partial charge in [0.1, 0.15) is 5.82 Å². The van der Waals surface area contributed by atoms with Crippen molar-refractivity contribution >= 4 is 0 Å². The fourth-order valence-electron chi connectivity index (χ4n) is 0.926. The maximum atomic E-state index is 8.72. The molecule has 4 heteroatoms. The van der Waals surface area contributed by atoms with Crippen LogP contribution in [0.15, 0.2) is 6.20 Å². The highest BCUT2D eigenvalue weighted by molar-refractivity contribution is 4.99. The minimum absolute atomic E-state index is 0.0155. The van der Waals surface area contributed by atoms with Crippen LogP contribution in [-0.2, 0) is 17.8 Å². The third-order valence-corrected chi connectivity index (χ3v) is 1.54. The second-order valence-electron chi connectivity index (χ2n) is 2.46. The van der Waals surface area contributed by atoms with Crippen LogP contribution in [0.25, 0.3) is 0 Å². The number of nitrogens with one attached hydrogen (secondary N) is 1. The number of aliphatic hydroxyl groups is 1. The number of aliphatic hydroxyl groups excluding tert-OH is 1. The van der Waals surface area contributed by atoms with Crippen LogP contribution in [0.3, 0.4) is 0 Å². The first kappa shape index (κ1) is 9.22. The van der Waals surface area contributed by atoms with Crippen LogP contribution in [-0.4, -0.2) is 28.3 Å². The van der Waals surface area contributed by atoms with Crippen molar-refractivity contribution in [3.05, 3.63) is 17.7 Å². The van der Waals surface area contributed by atoms with E-state index in [4.69, 9.17) is 9.84 Å². The normalized spacial score (nSPS) is 10.5. The highest BCUT2D eigenvalue weighted by Crippen LogP contribution is 1.97. The first-order valence-electron chi connectivity index (χ1n) is 4.08. The zero-order valence-electron chi connectivity index (χ0n) is 7.21. The highest BCUT2D eigenvalue weighted by atomic mass is 16.5. The van der Waals surface area contributed by atoms with Gasteiger partial charge in [-0.15, -0.1) is 0 Å². The van der Waals surface area contributed by atoms with Crippen molar-refractivity contribution in [2.75, 3.05) is 13.2 Å². The van der Waals surface area contributed by atoms with Crippen LogP contribution < -0.4 is 0 Å². The van der Waals surface area contributed by atoms with Crippen molar-refractivity contribution in [2.24, 2.45) is 0 Å². The van der Waals surface area contributed by atoms with Crippen molar-refractivity contribution in [1.82, 2.24) is 9.97 Å². The molecular weight excluding hydrogens is 156 g/mol. The Morgan fingerprint density at radius 3 is 3.08 bits per heavy atom. The van der Waals surface area contributed by atoms with E-state index in [1.54, 1.807) is 6.20 Å². The Bertz CT molecular complexity index is 223. The Morgan fingerprint density at radius 2 is 2.50 bits per heavy atom. The van der Waals surface area contributed by atoms with Gasteiger partial charge in [-0.05, 0) is 6.92 Å². The van der Waals surface area contributed by atoms with Gasteiger partial charge in [-0.1, -0.05) is 0 Å². The standard InChI is InChI=1S/C8H14N2O2/c1-2-12-4-3-8-9-5-7(6-11)10-8/h5,11H,2-4,6H2,1H3,(H,9,10). The first-order chi connectivity index (χ1) is 5.86. The number of hydrogen-bond acceptors (Lipinski definition) is 3. The number of ether oxygens (including phenoxy) is 1. The molecule has 1 aromatic rings. The summed E-state index contributed by atoms with van der Waals surface area (Å²) in [6.45, 7) is 3.38. The van der Waals surface area contributed by atoms with Crippen molar-refractivity contribution in [3.8, 4) is 0 Å². The molecule has 12 heavy (non-hydrogen) atoms. The van der Waals surface area contributed by atoms with Crippen LogP contribution in [0.4, 0.5) is 0 Å². The molecule has 0 fully saturated rings. The van der Waals surface area contributed by atoms with E-state index in [1.165, 1.54) is 0 Å². The molecule has 0 atom stereocenters. The summed E-state index contributed by atoms with van der Waals surface area (Å²) in [5, 5.41) is 8.72. The molecule has 2 N–H and O–H groups in total. The van der Waals surface area contributed by atoms with Gasteiger partial charge in [0.2, 0.25) is 0 Å². The maximum absolute atomic E-state index is 8.72. The zero-order valence-corrected chi connectivity index (χ0v) is 7.21. The van der Waals surface area contributed by atoms with E-state index in [0.29, 0.717) is 6.61 Å². The lowest BCUT2D eigenvalue weighted by Crippen LogP contribution is -1.99. The number of imidazole rings is 1. The third-order valence-electron chi connectivity index (χ3n) is 1.54. The lowest BCUT2D eigenvalue weighted by Gasteiger charge is -1.97. The molecule has 0 aromatic carbocycles. The molecule has 0 aliphatic heterocycles. The van der Waals surface area contributed by atoms with Crippen molar-refractivity contribution in [3.63, 3.8) is 0 Å². The summed E-state index contributed by atoms with van der Waals surface area (Å²) in [6.07, 6.45) is 2.41. The van der Waals surface area contributed by atoms with Crippen LogP contribution in [0.1, 0.15) is 18.4 Å². The first-order valence-corrected chi connectivity index (χ1v) is 4.08. The van der Waals surface area contributed by atoms with Crippen molar-refractivity contribution in [2.45, 2.75) is 20.0 Å². The van der Waals surface area contributed by atoms with Crippen molar-refractivity contribution < 1.29 is 9.84 Å². The van der Waals surface area contributed by atoms with Crippen LogP contribution in [0.5, 0.6) is 0 Å². The molecule has 0 radical (unpaired) electrons. The summed E-state index contributed by atoms with van der Waals surface area (Å²) in [4.78, 5) is 7.04.